The van der Waals surface area contributed by atoms with Crippen LogP contribution in [0.3, 0.4) is 0 Å². The maximum absolute atomic E-state index is 4.54. The van der Waals surface area contributed by atoms with Gasteiger partial charge in [-0.05, 0) is 19.4 Å². The molecule has 0 saturated heterocycles. The average Bonchev–Trinajstić information content (AvgIpc) is 2.73. The molecule has 2 aromatic rings. The van der Waals surface area contributed by atoms with Gasteiger partial charge in [0.05, 0.1) is 5.39 Å². The van der Waals surface area contributed by atoms with Crippen molar-refractivity contribution < 1.29 is 0 Å². The van der Waals surface area contributed by atoms with Crippen molar-refractivity contribution in [2.75, 3.05) is 0 Å². The Bertz CT molecular complexity index is 647. The lowest BCUT2D eigenvalue weighted by Crippen LogP contribution is -1.93. The van der Waals surface area contributed by atoms with Crippen LogP contribution in [0.1, 0.15) is 19.5 Å². The molecule has 0 amide bonds. The fourth-order valence-corrected chi connectivity index (χ4v) is 1.87. The zero-order valence-corrected chi connectivity index (χ0v) is 10.9. The predicted octanol–water partition coefficient (Wildman–Crippen LogP) is 2.90. The second-order valence-corrected chi connectivity index (χ2v) is 4.02. The SMILES string of the molecule is C=C/C=C(\C(C)=C/C)c1nn(C)c2ncncc12. The summed E-state index contributed by atoms with van der Waals surface area (Å²) in [5.41, 5.74) is 3.93. The van der Waals surface area contributed by atoms with Gasteiger partial charge in [-0.3, -0.25) is 0 Å². The van der Waals surface area contributed by atoms with Crippen LogP contribution in [0.4, 0.5) is 0 Å². The first-order valence-electron chi connectivity index (χ1n) is 5.78. The minimum Gasteiger partial charge on any atom is -0.250 e. The second kappa shape index (κ2) is 4.96. The molecule has 4 heteroatoms. The van der Waals surface area contributed by atoms with E-state index in [1.54, 1.807) is 17.0 Å². The summed E-state index contributed by atoms with van der Waals surface area (Å²) in [6, 6.07) is 0. The summed E-state index contributed by atoms with van der Waals surface area (Å²) in [5, 5.41) is 5.49. The molecular weight excluding hydrogens is 224 g/mol. The molecule has 0 aliphatic carbocycles. The molecule has 2 rings (SSSR count). The summed E-state index contributed by atoms with van der Waals surface area (Å²) in [4.78, 5) is 8.32. The van der Waals surface area contributed by atoms with Crippen molar-refractivity contribution in [3.05, 3.63) is 48.6 Å². The first kappa shape index (κ1) is 12.2. The van der Waals surface area contributed by atoms with Crippen molar-refractivity contribution in [2.24, 2.45) is 7.05 Å². The summed E-state index contributed by atoms with van der Waals surface area (Å²) < 4.78 is 1.77. The molecule has 0 radical (unpaired) electrons. The van der Waals surface area contributed by atoms with E-state index in [1.807, 2.05) is 20.0 Å². The van der Waals surface area contributed by atoms with E-state index >= 15 is 0 Å². The zero-order valence-electron chi connectivity index (χ0n) is 10.9. The molecule has 0 saturated carbocycles. The third kappa shape index (κ3) is 1.97. The van der Waals surface area contributed by atoms with Gasteiger partial charge in [0, 0.05) is 18.8 Å². The molecule has 0 aliphatic heterocycles. The molecule has 0 fully saturated rings. The summed E-state index contributed by atoms with van der Waals surface area (Å²) in [6.45, 7) is 7.82. The standard InChI is InChI=1S/C14H16N4/c1-5-7-11(10(3)6-2)13-12-8-15-9-16-14(12)18(4)17-13/h5-9H,1H2,2-4H3/b10-6-,11-7+. The zero-order chi connectivity index (χ0) is 13.1. The maximum Gasteiger partial charge on any atom is 0.161 e. The van der Waals surface area contributed by atoms with Crippen LogP contribution in [0.2, 0.25) is 0 Å². The van der Waals surface area contributed by atoms with Gasteiger partial charge in [0.2, 0.25) is 0 Å². The lowest BCUT2D eigenvalue weighted by molar-refractivity contribution is 0.780. The van der Waals surface area contributed by atoms with Crippen LogP contribution in [0, 0.1) is 0 Å². The molecule has 4 nitrogen and oxygen atoms in total. The Morgan fingerprint density at radius 2 is 2.22 bits per heavy atom. The number of allylic oxidation sites excluding steroid dienone is 5. The van der Waals surface area contributed by atoms with Crippen molar-refractivity contribution in [1.29, 1.82) is 0 Å². The van der Waals surface area contributed by atoms with Gasteiger partial charge in [-0.2, -0.15) is 5.10 Å². The maximum atomic E-state index is 4.54. The summed E-state index contributed by atoms with van der Waals surface area (Å²) >= 11 is 0. The van der Waals surface area contributed by atoms with Gasteiger partial charge < -0.3 is 0 Å². The van der Waals surface area contributed by atoms with E-state index in [0.717, 1.165) is 27.9 Å². The van der Waals surface area contributed by atoms with Crippen LogP contribution in [0.15, 0.2) is 42.9 Å². The van der Waals surface area contributed by atoms with Crippen molar-refractivity contribution in [3.63, 3.8) is 0 Å². The Morgan fingerprint density at radius 1 is 1.44 bits per heavy atom. The van der Waals surface area contributed by atoms with Crippen molar-refractivity contribution >= 4 is 16.6 Å². The van der Waals surface area contributed by atoms with Crippen LogP contribution < -0.4 is 0 Å². The predicted molar refractivity (Wildman–Crippen MR) is 73.9 cm³/mol. The molecule has 18 heavy (non-hydrogen) atoms. The van der Waals surface area contributed by atoms with Crippen LogP contribution in [-0.2, 0) is 7.05 Å². The molecule has 0 aliphatic rings. The molecule has 92 valence electrons. The number of hydrogen-bond donors (Lipinski definition) is 0. The highest BCUT2D eigenvalue weighted by atomic mass is 15.3. The van der Waals surface area contributed by atoms with E-state index < -0.39 is 0 Å². The molecule has 0 bridgehead atoms. The van der Waals surface area contributed by atoms with E-state index in [-0.39, 0.29) is 0 Å². The number of nitrogens with zero attached hydrogens (tertiary/aromatic N) is 4. The second-order valence-electron chi connectivity index (χ2n) is 4.02. The number of aryl methyl sites for hydroxylation is 1. The Hall–Kier alpha value is -2.23. The summed E-state index contributed by atoms with van der Waals surface area (Å²) in [5.74, 6) is 0. The largest absolute Gasteiger partial charge is 0.250 e. The van der Waals surface area contributed by atoms with E-state index in [2.05, 4.69) is 34.6 Å². The van der Waals surface area contributed by atoms with Crippen LogP contribution in [-0.4, -0.2) is 19.7 Å². The van der Waals surface area contributed by atoms with Crippen LogP contribution in [0.5, 0.6) is 0 Å². The molecule has 0 N–H and O–H groups in total. The number of fused-ring (bicyclic) bond motifs is 1. The molecule has 0 atom stereocenters. The Balaban J connectivity index is 2.73. The Morgan fingerprint density at radius 3 is 2.89 bits per heavy atom. The fourth-order valence-electron chi connectivity index (χ4n) is 1.87. The lowest BCUT2D eigenvalue weighted by Gasteiger charge is -2.04. The van der Waals surface area contributed by atoms with Gasteiger partial charge in [-0.1, -0.05) is 24.8 Å². The monoisotopic (exact) mass is 240 g/mol. The first-order chi connectivity index (χ1) is 8.69. The number of rotatable bonds is 3. The highest BCUT2D eigenvalue weighted by Gasteiger charge is 2.14. The fraction of sp³-hybridized carbons (Fsp3) is 0.214. The van der Waals surface area contributed by atoms with Crippen molar-refractivity contribution in [3.8, 4) is 0 Å². The number of aromatic nitrogens is 4. The molecule has 0 spiro atoms. The molecule has 2 aromatic heterocycles. The van der Waals surface area contributed by atoms with E-state index in [0.29, 0.717) is 0 Å². The third-order valence-corrected chi connectivity index (χ3v) is 2.90. The van der Waals surface area contributed by atoms with E-state index in [1.165, 1.54) is 6.33 Å². The smallest absolute Gasteiger partial charge is 0.161 e. The van der Waals surface area contributed by atoms with Gasteiger partial charge in [0.1, 0.15) is 12.0 Å². The van der Waals surface area contributed by atoms with Crippen LogP contribution in [0.25, 0.3) is 16.6 Å². The molecule has 0 unspecified atom stereocenters. The van der Waals surface area contributed by atoms with Gasteiger partial charge >= 0.3 is 0 Å². The van der Waals surface area contributed by atoms with E-state index in [4.69, 9.17) is 0 Å². The topological polar surface area (TPSA) is 43.6 Å². The Kier molecular flexibility index (Phi) is 3.37. The Labute approximate surface area is 106 Å². The highest BCUT2D eigenvalue weighted by molar-refractivity contribution is 5.92. The van der Waals surface area contributed by atoms with Gasteiger partial charge in [0.15, 0.2) is 5.65 Å². The summed E-state index contributed by atoms with van der Waals surface area (Å²) in [6.07, 6.45) is 9.12. The number of hydrogen-bond acceptors (Lipinski definition) is 3. The lowest BCUT2D eigenvalue weighted by atomic mass is 10.0. The summed E-state index contributed by atoms with van der Waals surface area (Å²) in [7, 11) is 1.88. The molecule has 0 aromatic carbocycles. The minimum absolute atomic E-state index is 0.832. The average molecular weight is 240 g/mol. The van der Waals surface area contributed by atoms with E-state index in [9.17, 15) is 0 Å². The van der Waals surface area contributed by atoms with Gasteiger partial charge in [-0.15, -0.1) is 0 Å². The first-order valence-corrected chi connectivity index (χ1v) is 5.78. The van der Waals surface area contributed by atoms with Crippen LogP contribution >= 0.6 is 0 Å². The third-order valence-electron chi connectivity index (χ3n) is 2.90. The highest BCUT2D eigenvalue weighted by Crippen LogP contribution is 2.27. The van der Waals surface area contributed by atoms with Gasteiger partial charge in [-0.25, -0.2) is 14.6 Å². The molecule has 2 heterocycles. The molecular formula is C14H16N4. The quantitative estimate of drug-likeness (QED) is 0.775. The van der Waals surface area contributed by atoms with Gasteiger partial charge in [0.25, 0.3) is 0 Å². The minimum atomic E-state index is 0.832. The van der Waals surface area contributed by atoms with Crippen molar-refractivity contribution in [1.82, 2.24) is 19.7 Å². The normalized spacial score (nSPS) is 13.1. The van der Waals surface area contributed by atoms with Crippen molar-refractivity contribution in [2.45, 2.75) is 13.8 Å².